The van der Waals surface area contributed by atoms with E-state index >= 15 is 0 Å². The normalized spacial score (nSPS) is 26.6. The van der Waals surface area contributed by atoms with Crippen LogP contribution in [-0.4, -0.2) is 61.7 Å². The fraction of sp³-hybridized carbons (Fsp3) is 1.00. The molecule has 1 heterocycles. The van der Waals surface area contributed by atoms with Crippen LogP contribution in [0.5, 0.6) is 0 Å². The zero-order valence-corrected chi connectivity index (χ0v) is 12.2. The highest BCUT2D eigenvalue weighted by Gasteiger charge is 2.21. The second-order valence-corrected chi connectivity index (χ2v) is 5.39. The van der Waals surface area contributed by atoms with Crippen molar-refractivity contribution in [3.05, 3.63) is 0 Å². The third-order valence-corrected chi connectivity index (χ3v) is 4.19. The fourth-order valence-corrected chi connectivity index (χ4v) is 2.62. The SMILES string of the molecule is CCN(CC)CCCNC1CCN(C)C(C)C1. The molecule has 1 saturated heterocycles. The van der Waals surface area contributed by atoms with Crippen LogP contribution in [0.3, 0.4) is 0 Å². The Morgan fingerprint density at radius 2 is 2.00 bits per heavy atom. The molecular formula is C14H31N3. The summed E-state index contributed by atoms with van der Waals surface area (Å²) in [6.07, 6.45) is 3.90. The lowest BCUT2D eigenvalue weighted by Gasteiger charge is -2.35. The maximum Gasteiger partial charge on any atom is 0.00940 e. The van der Waals surface area contributed by atoms with Crippen LogP contribution in [0.4, 0.5) is 0 Å². The molecule has 2 atom stereocenters. The van der Waals surface area contributed by atoms with E-state index < -0.39 is 0 Å². The predicted molar refractivity (Wildman–Crippen MR) is 75.5 cm³/mol. The number of rotatable bonds is 7. The van der Waals surface area contributed by atoms with Crippen molar-refractivity contribution in [2.75, 3.05) is 39.8 Å². The third-order valence-electron chi connectivity index (χ3n) is 4.19. The van der Waals surface area contributed by atoms with Crippen LogP contribution >= 0.6 is 0 Å². The molecule has 0 aliphatic carbocycles. The van der Waals surface area contributed by atoms with Gasteiger partial charge in [-0.15, -0.1) is 0 Å². The maximum atomic E-state index is 3.72. The van der Waals surface area contributed by atoms with Crippen LogP contribution in [0.1, 0.15) is 40.0 Å². The molecule has 0 aromatic heterocycles. The van der Waals surface area contributed by atoms with Crippen LogP contribution in [0.25, 0.3) is 0 Å². The molecule has 1 N–H and O–H groups in total. The highest BCUT2D eigenvalue weighted by atomic mass is 15.1. The zero-order valence-electron chi connectivity index (χ0n) is 12.2. The van der Waals surface area contributed by atoms with Gasteiger partial charge in [-0.05, 0) is 66.0 Å². The van der Waals surface area contributed by atoms with Crippen molar-refractivity contribution in [2.45, 2.75) is 52.1 Å². The standard InChI is InChI=1S/C14H31N3/c1-5-17(6-2)10-7-9-15-14-8-11-16(4)13(3)12-14/h13-15H,5-12H2,1-4H3. The lowest BCUT2D eigenvalue weighted by atomic mass is 9.99. The second kappa shape index (κ2) is 8.06. The summed E-state index contributed by atoms with van der Waals surface area (Å²) in [5.74, 6) is 0. The van der Waals surface area contributed by atoms with E-state index in [4.69, 9.17) is 0 Å². The van der Waals surface area contributed by atoms with E-state index in [1.165, 1.54) is 52.0 Å². The molecule has 3 heteroatoms. The number of nitrogens with one attached hydrogen (secondary N) is 1. The first-order chi connectivity index (χ1) is 8.17. The molecule has 0 amide bonds. The van der Waals surface area contributed by atoms with Gasteiger partial charge in [-0.1, -0.05) is 13.8 Å². The van der Waals surface area contributed by atoms with Gasteiger partial charge in [0.2, 0.25) is 0 Å². The molecule has 0 radical (unpaired) electrons. The molecule has 1 fully saturated rings. The number of piperidine rings is 1. The van der Waals surface area contributed by atoms with E-state index in [-0.39, 0.29) is 0 Å². The second-order valence-electron chi connectivity index (χ2n) is 5.39. The molecule has 0 bridgehead atoms. The van der Waals surface area contributed by atoms with Gasteiger partial charge in [-0.2, -0.15) is 0 Å². The van der Waals surface area contributed by atoms with E-state index in [0.717, 1.165) is 12.1 Å². The highest BCUT2D eigenvalue weighted by Crippen LogP contribution is 2.14. The van der Waals surface area contributed by atoms with Gasteiger partial charge in [0, 0.05) is 12.1 Å². The lowest BCUT2D eigenvalue weighted by molar-refractivity contribution is 0.167. The van der Waals surface area contributed by atoms with Crippen molar-refractivity contribution in [1.82, 2.24) is 15.1 Å². The van der Waals surface area contributed by atoms with Gasteiger partial charge in [0.1, 0.15) is 0 Å². The number of hydrogen-bond donors (Lipinski definition) is 1. The molecule has 1 aliphatic heterocycles. The molecule has 1 rings (SSSR count). The van der Waals surface area contributed by atoms with E-state index in [1.54, 1.807) is 0 Å². The van der Waals surface area contributed by atoms with Crippen LogP contribution in [-0.2, 0) is 0 Å². The Labute approximate surface area is 108 Å². The van der Waals surface area contributed by atoms with Crippen molar-refractivity contribution < 1.29 is 0 Å². The molecule has 0 saturated carbocycles. The van der Waals surface area contributed by atoms with Crippen LogP contribution in [0.2, 0.25) is 0 Å². The summed E-state index contributed by atoms with van der Waals surface area (Å²) in [4.78, 5) is 4.97. The summed E-state index contributed by atoms with van der Waals surface area (Å²) >= 11 is 0. The summed E-state index contributed by atoms with van der Waals surface area (Å²) < 4.78 is 0. The Bertz CT molecular complexity index is 192. The maximum absolute atomic E-state index is 3.72. The molecule has 102 valence electrons. The van der Waals surface area contributed by atoms with Crippen LogP contribution < -0.4 is 5.32 Å². The summed E-state index contributed by atoms with van der Waals surface area (Å²) in [6, 6.07) is 1.49. The first-order valence-electron chi connectivity index (χ1n) is 7.33. The summed E-state index contributed by atoms with van der Waals surface area (Å²) in [5.41, 5.74) is 0. The van der Waals surface area contributed by atoms with E-state index in [1.807, 2.05) is 0 Å². The van der Waals surface area contributed by atoms with Crippen molar-refractivity contribution in [3.63, 3.8) is 0 Å². The zero-order chi connectivity index (χ0) is 12.7. The van der Waals surface area contributed by atoms with Gasteiger partial charge in [-0.3, -0.25) is 0 Å². The monoisotopic (exact) mass is 241 g/mol. The first-order valence-corrected chi connectivity index (χ1v) is 7.33. The minimum absolute atomic E-state index is 0.740. The largest absolute Gasteiger partial charge is 0.314 e. The average molecular weight is 241 g/mol. The van der Waals surface area contributed by atoms with Crippen LogP contribution in [0.15, 0.2) is 0 Å². The lowest BCUT2D eigenvalue weighted by Crippen LogP contribution is -2.46. The quantitative estimate of drug-likeness (QED) is 0.686. The first kappa shape index (κ1) is 14.9. The number of nitrogens with zero attached hydrogens (tertiary/aromatic N) is 2. The van der Waals surface area contributed by atoms with Gasteiger partial charge in [-0.25, -0.2) is 0 Å². The van der Waals surface area contributed by atoms with Crippen molar-refractivity contribution in [2.24, 2.45) is 0 Å². The van der Waals surface area contributed by atoms with E-state index in [9.17, 15) is 0 Å². The molecular weight excluding hydrogens is 210 g/mol. The van der Waals surface area contributed by atoms with Crippen LogP contribution in [0, 0.1) is 0 Å². The molecule has 1 aliphatic rings. The summed E-state index contributed by atoms with van der Waals surface area (Å²) in [7, 11) is 2.24. The Kier molecular flexibility index (Phi) is 7.09. The number of likely N-dealkylation sites (tertiary alicyclic amines) is 1. The average Bonchev–Trinajstić information content (AvgIpc) is 2.34. The third kappa shape index (κ3) is 5.36. The summed E-state index contributed by atoms with van der Waals surface area (Å²) in [5, 5.41) is 3.72. The topological polar surface area (TPSA) is 18.5 Å². The Balaban J connectivity index is 2.07. The summed E-state index contributed by atoms with van der Waals surface area (Å²) in [6.45, 7) is 12.9. The molecule has 3 nitrogen and oxygen atoms in total. The molecule has 17 heavy (non-hydrogen) atoms. The van der Waals surface area contributed by atoms with Crippen molar-refractivity contribution in [3.8, 4) is 0 Å². The van der Waals surface area contributed by atoms with Crippen molar-refractivity contribution >= 4 is 0 Å². The number of hydrogen-bond acceptors (Lipinski definition) is 3. The smallest absolute Gasteiger partial charge is 0.00940 e. The van der Waals surface area contributed by atoms with E-state index in [2.05, 4.69) is 42.9 Å². The molecule has 2 unspecified atom stereocenters. The predicted octanol–water partition coefficient (Wildman–Crippen LogP) is 1.79. The van der Waals surface area contributed by atoms with Gasteiger partial charge in [0.15, 0.2) is 0 Å². The fourth-order valence-electron chi connectivity index (χ4n) is 2.62. The minimum atomic E-state index is 0.740. The van der Waals surface area contributed by atoms with Gasteiger partial charge < -0.3 is 15.1 Å². The Morgan fingerprint density at radius 1 is 1.29 bits per heavy atom. The van der Waals surface area contributed by atoms with Crippen molar-refractivity contribution in [1.29, 1.82) is 0 Å². The van der Waals surface area contributed by atoms with Gasteiger partial charge in [0.05, 0.1) is 0 Å². The van der Waals surface area contributed by atoms with E-state index in [0.29, 0.717) is 0 Å². The Morgan fingerprint density at radius 3 is 2.59 bits per heavy atom. The molecule has 0 aromatic carbocycles. The van der Waals surface area contributed by atoms with Gasteiger partial charge >= 0.3 is 0 Å². The van der Waals surface area contributed by atoms with Gasteiger partial charge in [0.25, 0.3) is 0 Å². The highest BCUT2D eigenvalue weighted by molar-refractivity contribution is 4.81. The molecule has 0 spiro atoms. The molecule has 0 aromatic rings. The minimum Gasteiger partial charge on any atom is -0.314 e. The Hall–Kier alpha value is -0.120.